The van der Waals surface area contributed by atoms with E-state index in [1.807, 2.05) is 25.1 Å². The minimum Gasteiger partial charge on any atom is -0.363 e. The van der Waals surface area contributed by atoms with Crippen LogP contribution in [0.25, 0.3) is 0 Å². The Morgan fingerprint density at radius 1 is 1.36 bits per heavy atom. The van der Waals surface area contributed by atoms with Gasteiger partial charge in [0.1, 0.15) is 0 Å². The lowest BCUT2D eigenvalue weighted by Gasteiger charge is -2.16. The normalized spacial score (nSPS) is 11.9. The van der Waals surface area contributed by atoms with Gasteiger partial charge in [-0.25, -0.2) is 0 Å². The quantitative estimate of drug-likeness (QED) is 0.745. The highest BCUT2D eigenvalue weighted by Crippen LogP contribution is 2.10. The molecular formula is C11H16N2S. The summed E-state index contributed by atoms with van der Waals surface area (Å²) in [5.74, 6) is 0. The summed E-state index contributed by atoms with van der Waals surface area (Å²) in [6.07, 6.45) is 0. The van der Waals surface area contributed by atoms with Gasteiger partial charge in [0.2, 0.25) is 0 Å². The summed E-state index contributed by atoms with van der Waals surface area (Å²) >= 11 is 5.11. The molecule has 0 fully saturated rings. The molecule has 14 heavy (non-hydrogen) atoms. The monoisotopic (exact) mass is 208 g/mol. The van der Waals surface area contributed by atoms with Gasteiger partial charge in [0.25, 0.3) is 0 Å². The van der Waals surface area contributed by atoms with E-state index in [2.05, 4.69) is 29.7 Å². The van der Waals surface area contributed by atoms with Crippen LogP contribution in [0.3, 0.4) is 0 Å². The molecule has 0 saturated carbocycles. The third-order valence-electron chi connectivity index (χ3n) is 1.98. The Bertz CT molecular complexity index is 285. The highest BCUT2D eigenvalue weighted by atomic mass is 32.1. The van der Waals surface area contributed by atoms with E-state index in [4.69, 9.17) is 12.2 Å². The lowest BCUT2D eigenvalue weighted by Crippen LogP contribution is -2.36. The van der Waals surface area contributed by atoms with Crippen molar-refractivity contribution in [3.8, 4) is 0 Å². The van der Waals surface area contributed by atoms with Gasteiger partial charge in [-0.05, 0) is 31.6 Å². The summed E-state index contributed by atoms with van der Waals surface area (Å²) in [4.78, 5) is 0. The lowest BCUT2D eigenvalue weighted by molar-refractivity contribution is 0.702. The van der Waals surface area contributed by atoms with Crippen molar-refractivity contribution in [2.24, 2.45) is 0 Å². The van der Waals surface area contributed by atoms with Crippen LogP contribution < -0.4 is 10.6 Å². The van der Waals surface area contributed by atoms with Crippen LogP contribution in [-0.4, -0.2) is 11.7 Å². The predicted molar refractivity (Wildman–Crippen MR) is 64.3 cm³/mol. The summed E-state index contributed by atoms with van der Waals surface area (Å²) in [5.41, 5.74) is 1.24. The molecule has 3 heteroatoms. The van der Waals surface area contributed by atoms with Gasteiger partial charge in [0.05, 0.1) is 6.04 Å². The number of rotatable bonds is 3. The summed E-state index contributed by atoms with van der Waals surface area (Å²) < 4.78 is 0. The smallest absolute Gasteiger partial charge is 0.166 e. The topological polar surface area (TPSA) is 24.1 Å². The first kappa shape index (κ1) is 11.0. The van der Waals surface area contributed by atoms with Crippen molar-refractivity contribution >= 4 is 17.3 Å². The standard InChI is InChI=1S/C11H16N2S/c1-3-12-11(14)13-9(2)10-7-5-4-6-8-10/h4-9H,3H2,1-2H3,(H2,12,13,14). The summed E-state index contributed by atoms with van der Waals surface area (Å²) in [7, 11) is 0. The van der Waals surface area contributed by atoms with E-state index in [0.29, 0.717) is 5.11 Å². The molecule has 1 atom stereocenters. The number of benzene rings is 1. The number of hydrogen-bond acceptors (Lipinski definition) is 1. The zero-order valence-electron chi connectivity index (χ0n) is 8.58. The van der Waals surface area contributed by atoms with Gasteiger partial charge < -0.3 is 10.6 Å². The van der Waals surface area contributed by atoms with E-state index in [9.17, 15) is 0 Å². The third-order valence-corrected chi connectivity index (χ3v) is 2.25. The van der Waals surface area contributed by atoms with Gasteiger partial charge in [-0.2, -0.15) is 0 Å². The van der Waals surface area contributed by atoms with E-state index < -0.39 is 0 Å². The van der Waals surface area contributed by atoms with E-state index in [0.717, 1.165) is 6.54 Å². The van der Waals surface area contributed by atoms with Crippen LogP contribution in [-0.2, 0) is 0 Å². The van der Waals surface area contributed by atoms with Gasteiger partial charge in [0.15, 0.2) is 5.11 Å². The molecule has 1 rings (SSSR count). The Kier molecular flexibility index (Phi) is 4.40. The predicted octanol–water partition coefficient (Wildman–Crippen LogP) is 2.23. The highest BCUT2D eigenvalue weighted by molar-refractivity contribution is 7.80. The zero-order chi connectivity index (χ0) is 10.4. The molecular weight excluding hydrogens is 192 g/mol. The van der Waals surface area contributed by atoms with Gasteiger partial charge in [0, 0.05) is 6.54 Å². The number of hydrogen-bond donors (Lipinski definition) is 2. The van der Waals surface area contributed by atoms with Crippen LogP contribution in [0.1, 0.15) is 25.5 Å². The number of nitrogens with one attached hydrogen (secondary N) is 2. The van der Waals surface area contributed by atoms with Crippen LogP contribution in [0.5, 0.6) is 0 Å². The summed E-state index contributed by atoms with van der Waals surface area (Å²) in [5, 5.41) is 7.00. The molecule has 2 N–H and O–H groups in total. The van der Waals surface area contributed by atoms with Crippen LogP contribution in [0.4, 0.5) is 0 Å². The molecule has 0 amide bonds. The van der Waals surface area contributed by atoms with Crippen molar-refractivity contribution in [1.82, 2.24) is 10.6 Å². The average Bonchev–Trinajstić information content (AvgIpc) is 2.19. The SMILES string of the molecule is CCNC(=S)NC(C)c1ccccc1. The van der Waals surface area contributed by atoms with E-state index >= 15 is 0 Å². The first-order chi connectivity index (χ1) is 6.74. The molecule has 1 unspecified atom stereocenters. The van der Waals surface area contributed by atoms with Crippen molar-refractivity contribution in [3.63, 3.8) is 0 Å². The van der Waals surface area contributed by atoms with Crippen molar-refractivity contribution in [3.05, 3.63) is 35.9 Å². The van der Waals surface area contributed by atoms with Crippen LogP contribution in [0, 0.1) is 0 Å². The van der Waals surface area contributed by atoms with Crippen molar-refractivity contribution in [2.45, 2.75) is 19.9 Å². The molecule has 1 aromatic carbocycles. The van der Waals surface area contributed by atoms with Gasteiger partial charge in [-0.1, -0.05) is 30.3 Å². The maximum atomic E-state index is 5.11. The van der Waals surface area contributed by atoms with Crippen molar-refractivity contribution in [2.75, 3.05) is 6.54 Å². The van der Waals surface area contributed by atoms with Gasteiger partial charge in [-0.15, -0.1) is 0 Å². The minimum atomic E-state index is 0.253. The Hall–Kier alpha value is -1.09. The van der Waals surface area contributed by atoms with Crippen molar-refractivity contribution in [1.29, 1.82) is 0 Å². The van der Waals surface area contributed by atoms with Crippen LogP contribution in [0.15, 0.2) is 30.3 Å². The van der Waals surface area contributed by atoms with Crippen LogP contribution in [0.2, 0.25) is 0 Å². The van der Waals surface area contributed by atoms with Crippen LogP contribution >= 0.6 is 12.2 Å². The third kappa shape index (κ3) is 3.34. The van der Waals surface area contributed by atoms with E-state index in [1.54, 1.807) is 0 Å². The van der Waals surface area contributed by atoms with E-state index in [1.165, 1.54) is 5.56 Å². The molecule has 76 valence electrons. The molecule has 0 aromatic heterocycles. The van der Waals surface area contributed by atoms with E-state index in [-0.39, 0.29) is 6.04 Å². The average molecular weight is 208 g/mol. The van der Waals surface area contributed by atoms with Gasteiger partial charge in [-0.3, -0.25) is 0 Å². The molecule has 0 aliphatic rings. The second-order valence-electron chi connectivity index (χ2n) is 3.14. The van der Waals surface area contributed by atoms with Crippen molar-refractivity contribution < 1.29 is 0 Å². The first-order valence-corrected chi connectivity index (χ1v) is 5.24. The highest BCUT2D eigenvalue weighted by Gasteiger charge is 2.04. The molecule has 2 nitrogen and oxygen atoms in total. The second kappa shape index (κ2) is 5.60. The molecule has 0 heterocycles. The summed E-state index contributed by atoms with van der Waals surface area (Å²) in [6.45, 7) is 4.98. The largest absolute Gasteiger partial charge is 0.363 e. The Labute approximate surface area is 90.7 Å². The maximum absolute atomic E-state index is 5.11. The molecule has 0 bridgehead atoms. The molecule has 0 aliphatic carbocycles. The molecule has 0 radical (unpaired) electrons. The fraction of sp³-hybridized carbons (Fsp3) is 0.364. The Morgan fingerprint density at radius 3 is 2.57 bits per heavy atom. The number of thiocarbonyl (C=S) groups is 1. The molecule has 1 aromatic rings. The summed E-state index contributed by atoms with van der Waals surface area (Å²) in [6, 6.07) is 10.5. The zero-order valence-corrected chi connectivity index (χ0v) is 9.40. The second-order valence-corrected chi connectivity index (χ2v) is 3.54. The molecule has 0 saturated heterocycles. The Morgan fingerprint density at radius 2 is 2.00 bits per heavy atom. The Balaban J connectivity index is 2.50. The minimum absolute atomic E-state index is 0.253. The molecule has 0 spiro atoms. The molecule has 0 aliphatic heterocycles. The maximum Gasteiger partial charge on any atom is 0.166 e. The lowest BCUT2D eigenvalue weighted by atomic mass is 10.1. The van der Waals surface area contributed by atoms with Gasteiger partial charge >= 0.3 is 0 Å². The fourth-order valence-corrected chi connectivity index (χ4v) is 1.55. The first-order valence-electron chi connectivity index (χ1n) is 4.83. The fourth-order valence-electron chi connectivity index (χ4n) is 1.23.